The van der Waals surface area contributed by atoms with E-state index >= 15 is 0 Å². The summed E-state index contributed by atoms with van der Waals surface area (Å²) in [6.07, 6.45) is -3.69. The second-order valence-electron chi connectivity index (χ2n) is 9.23. The highest BCUT2D eigenvalue weighted by molar-refractivity contribution is 5.71. The average molecular weight is 559 g/mol. The zero-order valence-corrected chi connectivity index (χ0v) is 22.8. The van der Waals surface area contributed by atoms with Crippen LogP contribution in [0.4, 0.5) is 0 Å². The molecular formula is C28H30O12. The largest absolute Gasteiger partial charge is 0.493 e. The lowest BCUT2D eigenvalue weighted by Crippen LogP contribution is -2.28. The van der Waals surface area contributed by atoms with Gasteiger partial charge in [0.1, 0.15) is 0 Å². The van der Waals surface area contributed by atoms with Gasteiger partial charge in [0.05, 0.1) is 38.3 Å². The molecule has 0 N–H and O–H groups in total. The number of benzene rings is 2. The van der Waals surface area contributed by atoms with E-state index in [-0.39, 0.29) is 23.0 Å². The van der Waals surface area contributed by atoms with Crippen LogP contribution in [0.3, 0.4) is 0 Å². The van der Waals surface area contributed by atoms with Crippen molar-refractivity contribution in [2.75, 3.05) is 14.2 Å². The van der Waals surface area contributed by atoms with Crippen molar-refractivity contribution < 1.29 is 57.1 Å². The van der Waals surface area contributed by atoms with E-state index in [0.717, 1.165) is 0 Å². The fourth-order valence-corrected chi connectivity index (χ4v) is 5.05. The molecule has 0 bridgehead atoms. The predicted molar refractivity (Wildman–Crippen MR) is 134 cm³/mol. The van der Waals surface area contributed by atoms with E-state index in [2.05, 4.69) is 0 Å². The molecule has 4 rings (SSSR count). The van der Waals surface area contributed by atoms with E-state index in [1.807, 2.05) is 0 Å². The van der Waals surface area contributed by atoms with Crippen LogP contribution in [0.15, 0.2) is 36.4 Å². The molecule has 0 aromatic heterocycles. The third-order valence-corrected chi connectivity index (χ3v) is 6.44. The number of fused-ring (bicyclic) bond motifs is 1. The van der Waals surface area contributed by atoms with Gasteiger partial charge in [0.25, 0.3) is 0 Å². The van der Waals surface area contributed by atoms with Gasteiger partial charge in [-0.25, -0.2) is 0 Å². The van der Waals surface area contributed by atoms with Gasteiger partial charge in [0.15, 0.2) is 23.0 Å². The molecule has 0 radical (unpaired) electrons. The van der Waals surface area contributed by atoms with E-state index in [0.29, 0.717) is 11.1 Å². The number of ether oxygens (including phenoxy) is 8. The van der Waals surface area contributed by atoms with E-state index in [1.165, 1.54) is 41.9 Å². The minimum Gasteiger partial charge on any atom is -0.493 e. The van der Waals surface area contributed by atoms with Gasteiger partial charge >= 0.3 is 23.9 Å². The number of methoxy groups -OCH3 is 2. The van der Waals surface area contributed by atoms with Crippen LogP contribution in [0.25, 0.3) is 0 Å². The quantitative estimate of drug-likeness (QED) is 0.346. The normalized spacial score (nSPS) is 24.9. The smallest absolute Gasteiger partial charge is 0.308 e. The van der Waals surface area contributed by atoms with Crippen LogP contribution >= 0.6 is 0 Å². The van der Waals surface area contributed by atoms with Crippen LogP contribution in [-0.4, -0.2) is 50.7 Å². The first-order valence-corrected chi connectivity index (χ1v) is 12.4. The topological polar surface area (TPSA) is 142 Å². The van der Waals surface area contributed by atoms with Crippen LogP contribution in [0.1, 0.15) is 51.0 Å². The first-order valence-electron chi connectivity index (χ1n) is 12.4. The predicted octanol–water partition coefficient (Wildman–Crippen LogP) is 3.41. The maximum atomic E-state index is 12.1. The number of rotatable bonds is 8. The molecule has 2 saturated heterocycles. The minimum atomic E-state index is -1.07. The van der Waals surface area contributed by atoms with E-state index in [1.54, 1.807) is 36.4 Å². The van der Waals surface area contributed by atoms with Gasteiger partial charge in [-0.15, -0.1) is 0 Å². The number of carbonyl (C=O) groups excluding carboxylic acids is 4. The molecule has 0 aliphatic carbocycles. The Morgan fingerprint density at radius 1 is 0.575 bits per heavy atom. The summed E-state index contributed by atoms with van der Waals surface area (Å²) >= 11 is 0. The Bertz CT molecular complexity index is 1200. The van der Waals surface area contributed by atoms with Crippen LogP contribution in [0, 0.1) is 11.8 Å². The first-order chi connectivity index (χ1) is 19.0. The van der Waals surface area contributed by atoms with Crippen molar-refractivity contribution in [3.8, 4) is 23.0 Å². The molecule has 2 aliphatic rings. The second-order valence-corrected chi connectivity index (χ2v) is 9.23. The summed E-state index contributed by atoms with van der Waals surface area (Å²) in [7, 11) is 2.85. The van der Waals surface area contributed by atoms with Gasteiger partial charge in [0, 0.05) is 27.7 Å². The van der Waals surface area contributed by atoms with Crippen LogP contribution in [0.2, 0.25) is 0 Å². The van der Waals surface area contributed by atoms with Crippen LogP contribution in [-0.2, 0) is 38.1 Å². The zero-order valence-electron chi connectivity index (χ0n) is 22.8. The summed E-state index contributed by atoms with van der Waals surface area (Å²) < 4.78 is 44.9. The third kappa shape index (κ3) is 6.02. The molecule has 12 heteroatoms. The Labute approximate surface area is 230 Å². The summed E-state index contributed by atoms with van der Waals surface area (Å²) in [5.41, 5.74) is 1.17. The Hall–Kier alpha value is -4.16. The molecular weight excluding hydrogens is 528 g/mol. The van der Waals surface area contributed by atoms with Gasteiger partial charge < -0.3 is 37.9 Å². The fourth-order valence-electron chi connectivity index (χ4n) is 5.05. The second kappa shape index (κ2) is 11.9. The van der Waals surface area contributed by atoms with Gasteiger partial charge in [-0.1, -0.05) is 12.1 Å². The lowest BCUT2D eigenvalue weighted by molar-refractivity contribution is -0.206. The fraction of sp³-hybridized carbons (Fsp3) is 0.429. The molecule has 40 heavy (non-hydrogen) atoms. The molecule has 2 fully saturated rings. The Morgan fingerprint density at radius 2 is 0.950 bits per heavy atom. The van der Waals surface area contributed by atoms with E-state index in [4.69, 9.17) is 37.9 Å². The van der Waals surface area contributed by atoms with Crippen molar-refractivity contribution in [3.63, 3.8) is 0 Å². The molecule has 0 spiro atoms. The molecule has 2 aliphatic heterocycles. The highest BCUT2D eigenvalue weighted by atomic mass is 16.7. The number of esters is 4. The molecule has 6 atom stereocenters. The summed E-state index contributed by atoms with van der Waals surface area (Å²) in [5.74, 6) is -2.48. The molecule has 2 heterocycles. The maximum Gasteiger partial charge on any atom is 0.308 e. The van der Waals surface area contributed by atoms with Gasteiger partial charge in [-0.05, 0) is 35.4 Å². The molecule has 0 amide bonds. The van der Waals surface area contributed by atoms with Crippen molar-refractivity contribution >= 4 is 23.9 Å². The van der Waals surface area contributed by atoms with E-state index in [9.17, 15) is 19.2 Å². The Kier molecular flexibility index (Phi) is 8.60. The molecule has 2 aromatic rings. The Morgan fingerprint density at radius 3 is 1.25 bits per heavy atom. The first kappa shape index (κ1) is 28.8. The monoisotopic (exact) mass is 558 g/mol. The SMILES string of the molecule is COc1cc([C@H]2O[C@H](OC(C)=O)[C@H]3[C@@H]2[C@@H](OC(C)=O)O[C@@H]3c2ccc(OC(C)=O)c(OC)c2)ccc1OC(C)=O. The van der Waals surface area contributed by atoms with Crippen molar-refractivity contribution in [1.29, 1.82) is 0 Å². The molecule has 12 nitrogen and oxygen atoms in total. The summed E-state index contributed by atoms with van der Waals surface area (Å²) in [5, 5.41) is 0. The van der Waals surface area contributed by atoms with Gasteiger partial charge in [-0.3, -0.25) is 19.2 Å². The van der Waals surface area contributed by atoms with Crippen LogP contribution in [0.5, 0.6) is 23.0 Å². The van der Waals surface area contributed by atoms with Gasteiger partial charge in [0.2, 0.25) is 12.6 Å². The third-order valence-electron chi connectivity index (χ3n) is 6.44. The average Bonchev–Trinajstić information content (AvgIpc) is 3.42. The maximum absolute atomic E-state index is 12.1. The summed E-state index contributed by atoms with van der Waals surface area (Å²) in [4.78, 5) is 47.1. The number of hydrogen-bond donors (Lipinski definition) is 0. The lowest BCUT2D eigenvalue weighted by atomic mass is 9.83. The summed E-state index contributed by atoms with van der Waals surface area (Å²) in [6.45, 7) is 5.06. The minimum absolute atomic E-state index is 0.210. The lowest BCUT2D eigenvalue weighted by Gasteiger charge is -2.25. The van der Waals surface area contributed by atoms with Gasteiger partial charge in [-0.2, -0.15) is 0 Å². The highest BCUT2D eigenvalue weighted by Crippen LogP contribution is 2.57. The number of carbonyl (C=O) groups is 4. The van der Waals surface area contributed by atoms with Crippen molar-refractivity contribution in [1.82, 2.24) is 0 Å². The number of hydrogen-bond acceptors (Lipinski definition) is 12. The molecule has 2 aromatic carbocycles. The van der Waals surface area contributed by atoms with Crippen molar-refractivity contribution in [3.05, 3.63) is 47.5 Å². The standard InChI is InChI=1S/C28H30O12/c1-13(29)35-19-9-7-17(11-21(19)33-5)25-23-24(28(39-25)38-16(4)32)26(40-27(23)37-15(3)31)18-8-10-20(36-14(2)30)22(12-18)34-6/h7-12,23-28H,1-6H3/t23-,24-,25+,26+,27-,28-/m0/s1. The summed E-state index contributed by atoms with van der Waals surface area (Å²) in [6, 6.07) is 9.72. The van der Waals surface area contributed by atoms with Crippen molar-refractivity contribution in [2.24, 2.45) is 11.8 Å². The molecule has 0 unspecified atom stereocenters. The zero-order chi connectivity index (χ0) is 29.1. The van der Waals surface area contributed by atoms with Crippen LogP contribution < -0.4 is 18.9 Å². The molecule has 0 saturated carbocycles. The van der Waals surface area contributed by atoms with E-state index < -0.39 is 60.5 Å². The molecule has 214 valence electrons. The Balaban J connectivity index is 1.77. The highest BCUT2D eigenvalue weighted by Gasteiger charge is 2.61. The van der Waals surface area contributed by atoms with Crippen molar-refractivity contribution in [2.45, 2.75) is 52.5 Å².